The maximum atomic E-state index is 13.1. The van der Waals surface area contributed by atoms with Crippen molar-refractivity contribution in [3.8, 4) is 5.75 Å². The zero-order valence-corrected chi connectivity index (χ0v) is 15.4. The van der Waals surface area contributed by atoms with Crippen LogP contribution in [-0.2, 0) is 10.0 Å². The highest BCUT2D eigenvalue weighted by Gasteiger charge is 2.27. The molecule has 1 atom stereocenters. The Morgan fingerprint density at radius 2 is 2.24 bits per heavy atom. The molecule has 1 fully saturated rings. The number of nitrogens with one attached hydrogen (secondary N) is 2. The lowest BCUT2D eigenvalue weighted by Crippen LogP contribution is -2.44. The van der Waals surface area contributed by atoms with Gasteiger partial charge in [-0.2, -0.15) is 0 Å². The lowest BCUT2D eigenvalue weighted by Gasteiger charge is -2.19. The molecule has 2 N–H and O–H groups in total. The summed E-state index contributed by atoms with van der Waals surface area (Å²) in [4.78, 5) is 4.09. The maximum Gasteiger partial charge on any atom is 0.214 e. The van der Waals surface area contributed by atoms with Gasteiger partial charge in [0.25, 0.3) is 0 Å². The van der Waals surface area contributed by atoms with Crippen LogP contribution in [0.5, 0.6) is 5.75 Å². The van der Waals surface area contributed by atoms with Gasteiger partial charge in [0.2, 0.25) is 10.0 Å². The van der Waals surface area contributed by atoms with Crippen molar-refractivity contribution in [3.05, 3.63) is 30.1 Å². The topological polar surface area (TPSA) is 83.0 Å². The lowest BCUT2D eigenvalue weighted by atomic mass is 10.3. The number of benzene rings is 1. The number of hydrogen-bond acceptors (Lipinski definition) is 4. The molecule has 0 aromatic heterocycles. The highest BCUT2D eigenvalue weighted by atomic mass is 32.2. The molecular formula is C16H25FN4O3S. The molecule has 0 bridgehead atoms. The predicted octanol–water partition coefficient (Wildman–Crippen LogP) is 0.794. The molecule has 0 amide bonds. The molecule has 0 aliphatic carbocycles. The van der Waals surface area contributed by atoms with E-state index in [0.29, 0.717) is 44.3 Å². The van der Waals surface area contributed by atoms with E-state index in [-0.39, 0.29) is 17.7 Å². The Kier molecular flexibility index (Phi) is 7.01. The fourth-order valence-electron chi connectivity index (χ4n) is 2.52. The molecule has 0 saturated carbocycles. The van der Waals surface area contributed by atoms with Crippen LogP contribution in [0.25, 0.3) is 0 Å². The zero-order chi connectivity index (χ0) is 18.3. The third-order valence-electron chi connectivity index (χ3n) is 3.77. The zero-order valence-electron chi connectivity index (χ0n) is 14.5. The molecule has 1 unspecified atom stereocenters. The molecule has 1 aromatic carbocycles. The van der Waals surface area contributed by atoms with E-state index in [1.54, 1.807) is 19.2 Å². The van der Waals surface area contributed by atoms with Gasteiger partial charge in [0.15, 0.2) is 5.96 Å². The highest BCUT2D eigenvalue weighted by Crippen LogP contribution is 2.13. The number of guanidine groups is 1. The van der Waals surface area contributed by atoms with Crippen molar-refractivity contribution >= 4 is 16.0 Å². The normalized spacial score (nSPS) is 18.8. The van der Waals surface area contributed by atoms with Crippen LogP contribution in [0.1, 0.15) is 13.3 Å². The van der Waals surface area contributed by atoms with Crippen LogP contribution in [0.15, 0.2) is 29.3 Å². The van der Waals surface area contributed by atoms with Gasteiger partial charge in [-0.3, -0.25) is 4.99 Å². The minimum atomic E-state index is -3.07. The van der Waals surface area contributed by atoms with Crippen molar-refractivity contribution in [2.45, 2.75) is 19.4 Å². The fourth-order valence-corrected chi connectivity index (χ4v) is 4.05. The second kappa shape index (κ2) is 9.00. The van der Waals surface area contributed by atoms with E-state index >= 15 is 0 Å². The molecule has 1 aliphatic heterocycles. The predicted molar refractivity (Wildman–Crippen MR) is 95.8 cm³/mol. The van der Waals surface area contributed by atoms with Gasteiger partial charge in [-0.05, 0) is 25.5 Å². The van der Waals surface area contributed by atoms with E-state index in [1.807, 2.05) is 6.92 Å². The van der Waals surface area contributed by atoms with Crippen molar-refractivity contribution in [1.29, 1.82) is 0 Å². The van der Waals surface area contributed by atoms with Gasteiger partial charge >= 0.3 is 0 Å². The maximum absolute atomic E-state index is 13.1. The van der Waals surface area contributed by atoms with E-state index < -0.39 is 10.0 Å². The van der Waals surface area contributed by atoms with E-state index in [1.165, 1.54) is 16.4 Å². The summed E-state index contributed by atoms with van der Waals surface area (Å²) >= 11 is 0. The van der Waals surface area contributed by atoms with Gasteiger partial charge in [-0.25, -0.2) is 17.1 Å². The first-order valence-electron chi connectivity index (χ1n) is 8.25. The first kappa shape index (κ1) is 19.5. The van der Waals surface area contributed by atoms with Crippen LogP contribution >= 0.6 is 0 Å². The Labute approximate surface area is 148 Å². The summed E-state index contributed by atoms with van der Waals surface area (Å²) in [6, 6.07) is 5.99. The molecule has 1 aliphatic rings. The Morgan fingerprint density at radius 3 is 2.88 bits per heavy atom. The van der Waals surface area contributed by atoms with Crippen molar-refractivity contribution in [1.82, 2.24) is 14.9 Å². The van der Waals surface area contributed by atoms with Gasteiger partial charge in [0, 0.05) is 32.7 Å². The third-order valence-corrected chi connectivity index (χ3v) is 5.73. The van der Waals surface area contributed by atoms with Crippen LogP contribution in [0.2, 0.25) is 0 Å². The van der Waals surface area contributed by atoms with Gasteiger partial charge in [0.1, 0.15) is 17.7 Å². The number of halogens is 1. The molecule has 9 heteroatoms. The average Bonchev–Trinajstić information content (AvgIpc) is 2.89. The van der Waals surface area contributed by atoms with E-state index in [4.69, 9.17) is 4.74 Å². The first-order chi connectivity index (χ1) is 11.9. The van der Waals surface area contributed by atoms with Crippen LogP contribution in [-0.4, -0.2) is 63.8 Å². The Balaban J connectivity index is 1.71. The van der Waals surface area contributed by atoms with Crippen molar-refractivity contribution in [2.24, 2.45) is 4.99 Å². The van der Waals surface area contributed by atoms with Crippen molar-refractivity contribution in [3.63, 3.8) is 0 Å². The van der Waals surface area contributed by atoms with Crippen LogP contribution in [0.4, 0.5) is 4.39 Å². The third kappa shape index (κ3) is 6.17. The summed E-state index contributed by atoms with van der Waals surface area (Å²) < 4.78 is 43.7. The number of rotatable bonds is 7. The lowest BCUT2D eigenvalue weighted by molar-refractivity contribution is 0.223. The molecule has 140 valence electrons. The summed E-state index contributed by atoms with van der Waals surface area (Å²) in [5.41, 5.74) is 0. The van der Waals surface area contributed by atoms with Crippen LogP contribution in [0.3, 0.4) is 0 Å². The smallest absolute Gasteiger partial charge is 0.214 e. The summed E-state index contributed by atoms with van der Waals surface area (Å²) in [6.07, 6.45) is 0.490. The molecule has 1 aromatic rings. The second-order valence-electron chi connectivity index (χ2n) is 5.83. The molecule has 7 nitrogen and oxygen atoms in total. The number of aliphatic imine (C=N–C) groups is 1. The molecule has 2 rings (SSSR count). The van der Waals surface area contributed by atoms with E-state index in [0.717, 1.165) is 0 Å². The molecule has 0 radical (unpaired) electrons. The van der Waals surface area contributed by atoms with Gasteiger partial charge in [-0.1, -0.05) is 6.07 Å². The monoisotopic (exact) mass is 372 g/mol. The summed E-state index contributed by atoms with van der Waals surface area (Å²) in [6.45, 7) is 3.80. The largest absolute Gasteiger partial charge is 0.489 e. The van der Waals surface area contributed by atoms with Gasteiger partial charge in [-0.15, -0.1) is 0 Å². The molecule has 25 heavy (non-hydrogen) atoms. The number of ether oxygens (including phenoxy) is 1. The van der Waals surface area contributed by atoms with E-state index in [9.17, 15) is 12.8 Å². The average molecular weight is 372 g/mol. The van der Waals surface area contributed by atoms with Gasteiger partial charge < -0.3 is 15.4 Å². The summed E-state index contributed by atoms with van der Waals surface area (Å²) in [5, 5.41) is 6.18. The Bertz CT molecular complexity index is 696. The standard InChI is InChI=1S/C16H25FN4O3S/c1-13(24-15-6-3-5-14(17)11-15)12-20-16(18-2)19-7-9-21-8-4-10-25(21,22)23/h3,5-6,11,13H,4,7-10,12H2,1-2H3,(H2,18,19,20). The number of hydrogen-bond donors (Lipinski definition) is 2. The summed E-state index contributed by atoms with van der Waals surface area (Å²) in [7, 11) is -1.43. The number of nitrogens with zero attached hydrogens (tertiary/aromatic N) is 2. The quantitative estimate of drug-likeness (QED) is 0.546. The Hall–Kier alpha value is -1.87. The molecule has 1 heterocycles. The minimum Gasteiger partial charge on any atom is -0.489 e. The minimum absolute atomic E-state index is 0.195. The molecule has 0 spiro atoms. The first-order valence-corrected chi connectivity index (χ1v) is 9.86. The van der Waals surface area contributed by atoms with Crippen LogP contribution < -0.4 is 15.4 Å². The van der Waals surface area contributed by atoms with Crippen molar-refractivity contribution in [2.75, 3.05) is 39.0 Å². The second-order valence-corrected chi connectivity index (χ2v) is 7.92. The van der Waals surface area contributed by atoms with Crippen molar-refractivity contribution < 1.29 is 17.5 Å². The Morgan fingerprint density at radius 1 is 1.44 bits per heavy atom. The van der Waals surface area contributed by atoms with Crippen LogP contribution in [0, 0.1) is 5.82 Å². The highest BCUT2D eigenvalue weighted by molar-refractivity contribution is 7.89. The fraction of sp³-hybridized carbons (Fsp3) is 0.562. The molecular weight excluding hydrogens is 347 g/mol. The van der Waals surface area contributed by atoms with E-state index in [2.05, 4.69) is 15.6 Å². The molecule has 1 saturated heterocycles. The summed E-state index contributed by atoms with van der Waals surface area (Å²) in [5.74, 6) is 0.921. The number of sulfonamides is 1. The SMILES string of the molecule is CN=C(NCCN1CCCS1(=O)=O)NCC(C)Oc1cccc(F)c1. The van der Waals surface area contributed by atoms with Gasteiger partial charge in [0.05, 0.1) is 12.3 Å².